The summed E-state index contributed by atoms with van der Waals surface area (Å²) < 4.78 is 13.6. The third-order valence-electron chi connectivity index (χ3n) is 3.52. The summed E-state index contributed by atoms with van der Waals surface area (Å²) in [6, 6.07) is 0. The van der Waals surface area contributed by atoms with E-state index < -0.39 is 5.67 Å². The molecule has 1 aliphatic carbocycles. The molecule has 0 bridgehead atoms. The van der Waals surface area contributed by atoms with Crippen LogP contribution >= 0.6 is 0 Å². The van der Waals surface area contributed by atoms with Crippen LogP contribution in [0.25, 0.3) is 0 Å². The van der Waals surface area contributed by atoms with Gasteiger partial charge in [0.1, 0.15) is 5.67 Å². The van der Waals surface area contributed by atoms with Gasteiger partial charge in [-0.15, -0.1) is 0 Å². The van der Waals surface area contributed by atoms with E-state index in [1.54, 1.807) is 13.8 Å². The Kier molecular flexibility index (Phi) is 1.73. The van der Waals surface area contributed by atoms with E-state index >= 15 is 0 Å². The molecule has 1 saturated heterocycles. The van der Waals surface area contributed by atoms with Crippen LogP contribution in [0.1, 0.15) is 33.1 Å². The molecule has 2 unspecified atom stereocenters. The van der Waals surface area contributed by atoms with Crippen molar-refractivity contribution in [3.63, 3.8) is 0 Å². The van der Waals surface area contributed by atoms with Crippen LogP contribution in [0.5, 0.6) is 0 Å². The van der Waals surface area contributed by atoms with Crippen molar-refractivity contribution in [3.05, 3.63) is 0 Å². The normalized spacial score (nSPS) is 41.8. The van der Waals surface area contributed by atoms with Gasteiger partial charge < -0.3 is 5.32 Å². The molecule has 1 spiro atoms. The lowest BCUT2D eigenvalue weighted by Gasteiger charge is -2.26. The van der Waals surface area contributed by atoms with Crippen LogP contribution in [0.4, 0.5) is 4.39 Å². The molecule has 0 amide bonds. The lowest BCUT2D eigenvalue weighted by Crippen LogP contribution is -2.35. The zero-order valence-corrected chi connectivity index (χ0v) is 7.99. The first-order valence-corrected chi connectivity index (χ1v) is 4.94. The molecule has 1 saturated carbocycles. The van der Waals surface area contributed by atoms with E-state index in [0.29, 0.717) is 11.3 Å². The highest BCUT2D eigenvalue weighted by Gasteiger charge is 2.60. The monoisotopic (exact) mass is 171 g/mol. The zero-order valence-electron chi connectivity index (χ0n) is 7.99. The molecule has 1 N–H and O–H groups in total. The van der Waals surface area contributed by atoms with Crippen molar-refractivity contribution in [2.24, 2.45) is 11.3 Å². The van der Waals surface area contributed by atoms with E-state index in [0.717, 1.165) is 19.5 Å². The molecule has 2 rings (SSSR count). The highest BCUT2D eigenvalue weighted by Crippen LogP contribution is 2.61. The summed E-state index contributed by atoms with van der Waals surface area (Å²) in [5.74, 6) is 0.317. The predicted molar refractivity (Wildman–Crippen MR) is 47.8 cm³/mol. The molecule has 0 aromatic rings. The highest BCUT2D eigenvalue weighted by atomic mass is 19.1. The minimum atomic E-state index is -0.959. The molecule has 1 aliphatic heterocycles. The minimum Gasteiger partial charge on any atom is -0.316 e. The Labute approximate surface area is 73.7 Å². The fourth-order valence-electron chi connectivity index (χ4n) is 2.78. The lowest BCUT2D eigenvalue weighted by molar-refractivity contribution is 0.144. The first-order chi connectivity index (χ1) is 5.55. The first-order valence-electron chi connectivity index (χ1n) is 4.94. The molecule has 1 heterocycles. The SMILES string of the molecule is CC(C)(F)C1CC12CCCNC2. The maximum absolute atomic E-state index is 13.6. The zero-order chi connectivity index (χ0) is 8.82. The van der Waals surface area contributed by atoms with Crippen LogP contribution in [0, 0.1) is 11.3 Å². The van der Waals surface area contributed by atoms with Crippen molar-refractivity contribution in [1.82, 2.24) is 5.32 Å². The molecule has 70 valence electrons. The maximum Gasteiger partial charge on any atom is 0.108 e. The van der Waals surface area contributed by atoms with E-state index in [2.05, 4.69) is 5.32 Å². The fraction of sp³-hybridized carbons (Fsp3) is 1.00. The van der Waals surface area contributed by atoms with Crippen LogP contribution in [0.2, 0.25) is 0 Å². The minimum absolute atomic E-state index is 0.317. The molecular weight excluding hydrogens is 153 g/mol. The molecule has 1 nitrogen and oxygen atoms in total. The standard InChI is InChI=1S/C10H18FN/c1-9(2,11)8-6-10(8)4-3-5-12-7-10/h8,12H,3-7H2,1-2H3. The Hall–Kier alpha value is -0.110. The number of alkyl halides is 1. The average Bonchev–Trinajstić information content (AvgIpc) is 2.65. The summed E-state index contributed by atoms with van der Waals surface area (Å²) in [5.41, 5.74) is -0.616. The molecular formula is C10H18FN. The topological polar surface area (TPSA) is 12.0 Å². The summed E-state index contributed by atoms with van der Waals surface area (Å²) in [6.07, 6.45) is 3.56. The van der Waals surface area contributed by atoms with Gasteiger partial charge in [0.2, 0.25) is 0 Å². The smallest absolute Gasteiger partial charge is 0.108 e. The van der Waals surface area contributed by atoms with E-state index in [1.165, 1.54) is 12.8 Å². The van der Waals surface area contributed by atoms with Gasteiger partial charge in [-0.05, 0) is 51.0 Å². The van der Waals surface area contributed by atoms with E-state index in [1.807, 2.05) is 0 Å². The van der Waals surface area contributed by atoms with Gasteiger partial charge in [-0.3, -0.25) is 0 Å². The predicted octanol–water partition coefficient (Wildman–Crippen LogP) is 2.12. The molecule has 12 heavy (non-hydrogen) atoms. The molecule has 2 aliphatic rings. The summed E-state index contributed by atoms with van der Waals surface area (Å²) in [5, 5.41) is 3.37. The Balaban J connectivity index is 1.99. The lowest BCUT2D eigenvalue weighted by atomic mass is 9.89. The van der Waals surface area contributed by atoms with Gasteiger partial charge >= 0.3 is 0 Å². The van der Waals surface area contributed by atoms with E-state index in [9.17, 15) is 4.39 Å². The molecule has 2 fully saturated rings. The number of rotatable bonds is 1. The van der Waals surface area contributed by atoms with E-state index in [4.69, 9.17) is 0 Å². The van der Waals surface area contributed by atoms with Gasteiger partial charge in [0.05, 0.1) is 0 Å². The number of hydrogen-bond acceptors (Lipinski definition) is 1. The van der Waals surface area contributed by atoms with Crippen LogP contribution < -0.4 is 5.32 Å². The van der Waals surface area contributed by atoms with Gasteiger partial charge in [-0.2, -0.15) is 0 Å². The first kappa shape index (κ1) is 8.49. The van der Waals surface area contributed by atoms with Crippen molar-refractivity contribution in [2.75, 3.05) is 13.1 Å². The van der Waals surface area contributed by atoms with Gasteiger partial charge in [-0.1, -0.05) is 0 Å². The maximum atomic E-state index is 13.6. The number of hydrogen-bond donors (Lipinski definition) is 1. The van der Waals surface area contributed by atoms with Crippen molar-refractivity contribution < 1.29 is 4.39 Å². The molecule has 0 aromatic carbocycles. The van der Waals surface area contributed by atoms with Crippen molar-refractivity contribution >= 4 is 0 Å². The van der Waals surface area contributed by atoms with Gasteiger partial charge in [-0.25, -0.2) is 4.39 Å². The molecule has 0 aromatic heterocycles. The average molecular weight is 171 g/mol. The van der Waals surface area contributed by atoms with Gasteiger partial charge in [0, 0.05) is 6.54 Å². The number of halogens is 1. The van der Waals surface area contributed by atoms with Crippen LogP contribution in [0.15, 0.2) is 0 Å². The summed E-state index contributed by atoms with van der Waals surface area (Å²) in [4.78, 5) is 0. The Bertz CT molecular complexity index is 177. The number of piperidine rings is 1. The fourth-order valence-corrected chi connectivity index (χ4v) is 2.78. The van der Waals surface area contributed by atoms with E-state index in [-0.39, 0.29) is 0 Å². The molecule has 2 heteroatoms. The van der Waals surface area contributed by atoms with Gasteiger partial charge in [0.25, 0.3) is 0 Å². The Morgan fingerprint density at radius 3 is 2.67 bits per heavy atom. The van der Waals surface area contributed by atoms with Crippen LogP contribution in [0.3, 0.4) is 0 Å². The Morgan fingerprint density at radius 1 is 1.50 bits per heavy atom. The molecule has 2 atom stereocenters. The van der Waals surface area contributed by atoms with Crippen LogP contribution in [-0.2, 0) is 0 Å². The highest BCUT2D eigenvalue weighted by molar-refractivity contribution is 5.10. The second kappa shape index (κ2) is 2.44. The van der Waals surface area contributed by atoms with Gasteiger partial charge in [0.15, 0.2) is 0 Å². The third-order valence-corrected chi connectivity index (χ3v) is 3.52. The second-order valence-corrected chi connectivity index (χ2v) is 4.96. The summed E-state index contributed by atoms with van der Waals surface area (Å²) in [6.45, 7) is 5.62. The summed E-state index contributed by atoms with van der Waals surface area (Å²) in [7, 11) is 0. The van der Waals surface area contributed by atoms with Crippen LogP contribution in [-0.4, -0.2) is 18.8 Å². The second-order valence-electron chi connectivity index (χ2n) is 4.96. The number of nitrogens with one attached hydrogen (secondary N) is 1. The van der Waals surface area contributed by atoms with Crippen molar-refractivity contribution in [3.8, 4) is 0 Å². The third kappa shape index (κ3) is 1.26. The largest absolute Gasteiger partial charge is 0.316 e. The summed E-state index contributed by atoms with van der Waals surface area (Å²) >= 11 is 0. The van der Waals surface area contributed by atoms with Crippen molar-refractivity contribution in [2.45, 2.75) is 38.8 Å². The Morgan fingerprint density at radius 2 is 2.25 bits per heavy atom. The quantitative estimate of drug-likeness (QED) is 0.637. The molecule has 0 radical (unpaired) electrons. The van der Waals surface area contributed by atoms with Crippen molar-refractivity contribution in [1.29, 1.82) is 0 Å².